The van der Waals surface area contributed by atoms with E-state index in [0.717, 1.165) is 37.7 Å². The number of aryl methyl sites for hydroxylation is 1. The van der Waals surface area contributed by atoms with Gasteiger partial charge in [0.1, 0.15) is 36.5 Å². The van der Waals surface area contributed by atoms with E-state index in [1.807, 2.05) is 6.07 Å². The van der Waals surface area contributed by atoms with E-state index in [1.165, 1.54) is 6.07 Å². The number of benzene rings is 1. The fourth-order valence-electron chi connectivity index (χ4n) is 6.28. The second-order valence-corrected chi connectivity index (χ2v) is 11.7. The molecule has 2 aromatic heterocycles. The SMILES string of the molecule is O=C(NCCOc1cc(F)c2c(c1)CCC2Cc1nc2nc(O[C@@H]3CO[C@H]4[C@@H]3OC[C@H]4O)[nH]c2cc1Cl)C1CCC1. The highest BCUT2D eigenvalue weighted by Gasteiger charge is 2.48. The number of H-pyrrole nitrogens is 1. The van der Waals surface area contributed by atoms with E-state index >= 15 is 4.39 Å². The molecule has 2 saturated heterocycles. The fraction of sp³-hybridized carbons (Fsp3) is 0.552. The minimum absolute atomic E-state index is 0.0727. The van der Waals surface area contributed by atoms with E-state index in [9.17, 15) is 9.90 Å². The van der Waals surface area contributed by atoms with Crippen molar-refractivity contribution >= 4 is 28.7 Å². The maximum Gasteiger partial charge on any atom is 0.296 e. The minimum atomic E-state index is -0.660. The molecule has 0 spiro atoms. The zero-order valence-corrected chi connectivity index (χ0v) is 23.2. The summed E-state index contributed by atoms with van der Waals surface area (Å²) in [4.78, 5) is 24.2. The van der Waals surface area contributed by atoms with Crippen molar-refractivity contribution in [3.8, 4) is 11.8 Å². The van der Waals surface area contributed by atoms with Crippen molar-refractivity contribution < 1.29 is 33.2 Å². The van der Waals surface area contributed by atoms with Gasteiger partial charge in [-0.2, -0.15) is 4.98 Å². The van der Waals surface area contributed by atoms with Crippen LogP contribution in [0, 0.1) is 11.7 Å². The Balaban J connectivity index is 0.998. The number of aliphatic hydroxyl groups excluding tert-OH is 1. The third-order valence-corrected chi connectivity index (χ3v) is 8.99. The number of hydrogen-bond acceptors (Lipinski definition) is 8. The molecular weight excluding hydrogens is 555 g/mol. The lowest BCUT2D eigenvalue weighted by atomic mass is 9.85. The van der Waals surface area contributed by atoms with Crippen LogP contribution < -0.4 is 14.8 Å². The molecule has 12 heteroatoms. The fourth-order valence-corrected chi connectivity index (χ4v) is 6.51. The van der Waals surface area contributed by atoms with Crippen LogP contribution in [-0.2, 0) is 27.1 Å². The molecule has 1 amide bonds. The summed E-state index contributed by atoms with van der Waals surface area (Å²) in [5, 5.41) is 13.3. The molecule has 3 N–H and O–H groups in total. The molecule has 218 valence electrons. The number of carbonyl (C=O) groups is 1. The predicted octanol–water partition coefficient (Wildman–Crippen LogP) is 3.22. The molecule has 10 nitrogen and oxygen atoms in total. The van der Waals surface area contributed by atoms with Crippen LogP contribution in [0.25, 0.3) is 11.2 Å². The molecule has 1 saturated carbocycles. The highest BCUT2D eigenvalue weighted by Crippen LogP contribution is 2.40. The number of nitrogens with one attached hydrogen (secondary N) is 2. The third-order valence-electron chi connectivity index (χ3n) is 8.67. The zero-order valence-electron chi connectivity index (χ0n) is 22.4. The van der Waals surface area contributed by atoms with Crippen LogP contribution in [0.5, 0.6) is 11.8 Å². The first-order valence-electron chi connectivity index (χ1n) is 14.3. The Morgan fingerprint density at radius 3 is 2.85 bits per heavy atom. The van der Waals surface area contributed by atoms with Gasteiger partial charge in [-0.3, -0.25) is 4.79 Å². The predicted molar refractivity (Wildman–Crippen MR) is 146 cm³/mol. The Hall–Kier alpha value is -2.99. The summed E-state index contributed by atoms with van der Waals surface area (Å²) in [6, 6.07) is 5.35. The van der Waals surface area contributed by atoms with Crippen molar-refractivity contribution in [1.29, 1.82) is 0 Å². The van der Waals surface area contributed by atoms with Crippen LogP contribution in [0.1, 0.15) is 48.4 Å². The van der Waals surface area contributed by atoms with Gasteiger partial charge in [0.15, 0.2) is 11.8 Å². The van der Waals surface area contributed by atoms with Gasteiger partial charge >= 0.3 is 0 Å². The molecule has 2 aliphatic carbocycles. The zero-order chi connectivity index (χ0) is 28.1. The normalized spacial score (nSPS) is 27.0. The Kier molecular flexibility index (Phi) is 7.22. The average molecular weight is 587 g/mol. The van der Waals surface area contributed by atoms with Crippen molar-refractivity contribution in [3.05, 3.63) is 45.9 Å². The van der Waals surface area contributed by atoms with Gasteiger partial charge in [0.2, 0.25) is 5.91 Å². The van der Waals surface area contributed by atoms with E-state index in [1.54, 1.807) is 6.07 Å². The van der Waals surface area contributed by atoms with Crippen LogP contribution in [0.3, 0.4) is 0 Å². The summed E-state index contributed by atoms with van der Waals surface area (Å²) in [5.41, 5.74) is 3.32. The van der Waals surface area contributed by atoms with Crippen LogP contribution in [0.2, 0.25) is 5.02 Å². The largest absolute Gasteiger partial charge is 0.492 e. The van der Waals surface area contributed by atoms with Gasteiger partial charge in [-0.15, -0.1) is 0 Å². The highest BCUT2D eigenvalue weighted by molar-refractivity contribution is 6.31. The number of pyridine rings is 1. The number of amides is 1. The van der Waals surface area contributed by atoms with E-state index in [2.05, 4.69) is 20.3 Å². The maximum atomic E-state index is 15.3. The number of imidazole rings is 1. The number of aromatic amines is 1. The van der Waals surface area contributed by atoms with Gasteiger partial charge in [0, 0.05) is 12.0 Å². The molecule has 1 unspecified atom stereocenters. The van der Waals surface area contributed by atoms with E-state index in [0.29, 0.717) is 59.4 Å². The standard InChI is InChI=1S/C29H32ClFN4O6/c30-18-11-21-27(35-29(34-21)41-23-13-40-25-22(36)12-39-26(23)25)33-20(18)9-16-5-4-15-8-17(10-19(31)24(15)16)38-7-6-32-28(37)14-2-1-3-14/h8,10-11,14,16,22-23,25-26,36H,1-7,9,12-13H2,(H,32,37)(H,33,34,35)/t16?,22-,23-,25-,26-/m1/s1. The van der Waals surface area contributed by atoms with Crippen molar-refractivity contribution in [2.45, 2.75) is 68.9 Å². The first kappa shape index (κ1) is 26.9. The number of hydrogen-bond donors (Lipinski definition) is 3. The van der Waals surface area contributed by atoms with Crippen LogP contribution >= 0.6 is 11.6 Å². The average Bonchev–Trinajstić information content (AvgIpc) is 3.68. The molecule has 4 aliphatic rings. The molecular formula is C29H32ClFN4O6. The van der Waals surface area contributed by atoms with Crippen molar-refractivity contribution in [3.63, 3.8) is 0 Å². The molecule has 1 aromatic carbocycles. The highest BCUT2D eigenvalue weighted by atomic mass is 35.5. The molecule has 41 heavy (non-hydrogen) atoms. The third kappa shape index (κ3) is 5.24. The van der Waals surface area contributed by atoms with E-state index in [4.69, 9.17) is 30.5 Å². The number of halogens is 2. The number of rotatable bonds is 9. The molecule has 3 fully saturated rings. The van der Waals surface area contributed by atoms with Gasteiger partial charge < -0.3 is 34.4 Å². The van der Waals surface area contributed by atoms with E-state index < -0.39 is 18.3 Å². The van der Waals surface area contributed by atoms with Gasteiger partial charge in [0.05, 0.1) is 36.0 Å². The molecule has 4 heterocycles. The first-order valence-corrected chi connectivity index (χ1v) is 14.7. The Morgan fingerprint density at radius 1 is 1.17 bits per heavy atom. The molecule has 0 bridgehead atoms. The van der Waals surface area contributed by atoms with Crippen molar-refractivity contribution in [2.24, 2.45) is 5.92 Å². The molecule has 7 rings (SSSR count). The minimum Gasteiger partial charge on any atom is -0.492 e. The Bertz CT molecular complexity index is 1460. The number of aliphatic hydroxyl groups is 1. The van der Waals surface area contributed by atoms with Crippen LogP contribution in [0.15, 0.2) is 18.2 Å². The smallest absolute Gasteiger partial charge is 0.296 e. The lowest BCUT2D eigenvalue weighted by Gasteiger charge is -2.24. The van der Waals surface area contributed by atoms with Gasteiger partial charge in [-0.1, -0.05) is 18.0 Å². The molecule has 3 aromatic rings. The summed E-state index contributed by atoms with van der Waals surface area (Å²) in [5.74, 6) is 0.305. The second-order valence-electron chi connectivity index (χ2n) is 11.3. The molecule has 5 atom stereocenters. The van der Waals surface area contributed by atoms with Gasteiger partial charge in [0.25, 0.3) is 6.01 Å². The topological polar surface area (TPSA) is 128 Å². The van der Waals surface area contributed by atoms with Crippen molar-refractivity contribution in [1.82, 2.24) is 20.3 Å². The summed E-state index contributed by atoms with van der Waals surface area (Å²) in [7, 11) is 0. The number of carbonyl (C=O) groups excluding carboxylic acids is 1. The Morgan fingerprint density at radius 2 is 2.02 bits per heavy atom. The molecule has 0 radical (unpaired) electrons. The number of aromatic nitrogens is 3. The second kappa shape index (κ2) is 11.0. The molecule has 2 aliphatic heterocycles. The maximum absolute atomic E-state index is 15.3. The summed E-state index contributed by atoms with van der Waals surface area (Å²) in [6.45, 7) is 1.20. The van der Waals surface area contributed by atoms with Crippen LogP contribution in [0.4, 0.5) is 4.39 Å². The van der Waals surface area contributed by atoms with E-state index in [-0.39, 0.29) is 42.3 Å². The van der Waals surface area contributed by atoms with Crippen molar-refractivity contribution in [2.75, 3.05) is 26.4 Å². The number of nitrogens with zero attached hydrogens (tertiary/aromatic N) is 2. The van der Waals surface area contributed by atoms with Gasteiger partial charge in [-0.05, 0) is 61.3 Å². The lowest BCUT2D eigenvalue weighted by molar-refractivity contribution is -0.127. The lowest BCUT2D eigenvalue weighted by Crippen LogP contribution is -2.36. The summed E-state index contributed by atoms with van der Waals surface area (Å²) in [6.07, 6.45) is 3.18. The Labute approximate surface area is 240 Å². The van der Waals surface area contributed by atoms with Gasteiger partial charge in [-0.25, -0.2) is 9.37 Å². The number of fused-ring (bicyclic) bond motifs is 3. The monoisotopic (exact) mass is 586 g/mol. The van der Waals surface area contributed by atoms with Crippen LogP contribution in [-0.4, -0.2) is 76.7 Å². The first-order chi connectivity index (χ1) is 19.9. The summed E-state index contributed by atoms with van der Waals surface area (Å²) < 4.78 is 38.3. The number of ether oxygens (including phenoxy) is 4. The summed E-state index contributed by atoms with van der Waals surface area (Å²) >= 11 is 6.61. The quantitative estimate of drug-likeness (QED) is 0.326.